The molecule has 0 aliphatic heterocycles. The van der Waals surface area contributed by atoms with Gasteiger partial charge in [0.05, 0.1) is 13.2 Å². The number of alkyl halides is 2. The van der Waals surface area contributed by atoms with Gasteiger partial charge in [0.1, 0.15) is 12.2 Å². The molecule has 0 aliphatic rings. The van der Waals surface area contributed by atoms with Crippen LogP contribution in [-0.4, -0.2) is 59.7 Å². The summed E-state index contributed by atoms with van der Waals surface area (Å²) in [6.45, 7) is 3.45. The predicted molar refractivity (Wildman–Crippen MR) is 94.8 cm³/mol. The summed E-state index contributed by atoms with van der Waals surface area (Å²) in [6, 6.07) is 0. The molecule has 0 radical (unpaired) electrons. The molecule has 2 atom stereocenters. The third-order valence-electron chi connectivity index (χ3n) is 2.16. The molecule has 146 valence electrons. The van der Waals surface area contributed by atoms with Crippen molar-refractivity contribution in [3.8, 4) is 11.8 Å². The molecular weight excluding hydrogens is 375 g/mol. The fourth-order valence-electron chi connectivity index (χ4n) is 1.07. The number of unbranched alkanes of at least 4 members (excludes halogenated alkanes) is 2. The van der Waals surface area contributed by atoms with Crippen molar-refractivity contribution in [2.75, 3.05) is 25.0 Å². The zero-order chi connectivity index (χ0) is 19.5. The van der Waals surface area contributed by atoms with Crippen LogP contribution in [0.5, 0.6) is 0 Å². The maximum atomic E-state index is 10.9. The summed E-state index contributed by atoms with van der Waals surface area (Å²) >= 11 is 10.9. The van der Waals surface area contributed by atoms with Crippen molar-refractivity contribution >= 4 is 35.5 Å². The Kier molecular flexibility index (Phi) is 19.9. The van der Waals surface area contributed by atoms with E-state index in [-0.39, 0.29) is 13.2 Å². The molecule has 2 unspecified atom stereocenters. The van der Waals surface area contributed by atoms with E-state index in [2.05, 4.69) is 26.1 Å². The Morgan fingerprint density at radius 1 is 0.840 bits per heavy atom. The highest BCUT2D eigenvalue weighted by molar-refractivity contribution is 6.18. The zero-order valence-corrected chi connectivity index (χ0v) is 16.0. The van der Waals surface area contributed by atoms with E-state index in [1.165, 1.54) is 0 Å². The molecule has 25 heavy (non-hydrogen) atoms. The van der Waals surface area contributed by atoms with E-state index < -0.39 is 24.5 Å². The quantitative estimate of drug-likeness (QED) is 0.212. The Balaban J connectivity index is 0. The number of aliphatic hydroxyl groups excluding tert-OH is 2. The van der Waals surface area contributed by atoms with Gasteiger partial charge in [-0.25, -0.2) is 9.59 Å². The summed E-state index contributed by atoms with van der Waals surface area (Å²) < 4.78 is 13.4. The molecule has 0 fully saturated rings. The number of carbonyl (C=O) groups is 2. The fourth-order valence-corrected chi connectivity index (χ4v) is 1.45. The van der Waals surface area contributed by atoms with Gasteiger partial charge < -0.3 is 24.4 Å². The maximum absolute atomic E-state index is 10.9. The summed E-state index contributed by atoms with van der Waals surface area (Å²) in [5.41, 5.74) is 0. The molecule has 7 nitrogen and oxygen atoms in total. The maximum Gasteiger partial charge on any atom is 0.518 e. The van der Waals surface area contributed by atoms with E-state index in [1.807, 2.05) is 0 Å². The lowest BCUT2D eigenvalue weighted by Gasteiger charge is -2.05. The largest absolute Gasteiger partial charge is 0.518 e. The van der Waals surface area contributed by atoms with E-state index in [0.717, 1.165) is 12.8 Å². The molecular formula is C16H26Cl2O7. The third kappa shape index (κ3) is 25.2. The molecule has 2 N–H and O–H groups in total. The minimum atomic E-state index is -1.05. The molecule has 0 spiro atoms. The minimum Gasteiger partial charge on any atom is -0.434 e. The van der Waals surface area contributed by atoms with Crippen LogP contribution in [0.3, 0.4) is 0 Å². The van der Waals surface area contributed by atoms with Crippen molar-refractivity contribution < 1.29 is 34.0 Å². The van der Waals surface area contributed by atoms with Crippen LogP contribution in [0.15, 0.2) is 0 Å². The van der Waals surface area contributed by atoms with Crippen molar-refractivity contribution in [2.24, 2.45) is 0 Å². The third-order valence-corrected chi connectivity index (χ3v) is 2.70. The van der Waals surface area contributed by atoms with Crippen LogP contribution in [0.1, 0.15) is 39.5 Å². The normalized spacial score (nSPS) is 11.8. The Morgan fingerprint density at radius 3 is 1.48 bits per heavy atom. The second-order valence-corrected chi connectivity index (χ2v) is 5.49. The number of aliphatic hydroxyl groups is 2. The van der Waals surface area contributed by atoms with Gasteiger partial charge in [0.2, 0.25) is 0 Å². The van der Waals surface area contributed by atoms with Gasteiger partial charge in [-0.05, 0) is 39.5 Å². The molecule has 0 amide bonds. The lowest BCUT2D eigenvalue weighted by atomic mass is 10.3. The Bertz CT molecular complexity index is 369. The number of carbonyl (C=O) groups excluding carboxylic acids is 2. The highest BCUT2D eigenvalue weighted by Gasteiger charge is 2.12. The van der Waals surface area contributed by atoms with Crippen molar-refractivity contribution in [3.63, 3.8) is 0 Å². The summed E-state index contributed by atoms with van der Waals surface area (Å²) in [5.74, 6) is 5.80. The molecule has 0 aromatic rings. The molecule has 0 heterocycles. The van der Waals surface area contributed by atoms with Crippen molar-refractivity contribution in [1.82, 2.24) is 0 Å². The molecule has 0 aromatic carbocycles. The van der Waals surface area contributed by atoms with Crippen LogP contribution in [0.4, 0.5) is 9.59 Å². The van der Waals surface area contributed by atoms with Gasteiger partial charge in [-0.2, -0.15) is 0 Å². The number of hydrogen-bond acceptors (Lipinski definition) is 7. The zero-order valence-electron chi connectivity index (χ0n) is 14.5. The lowest BCUT2D eigenvalue weighted by molar-refractivity contribution is 0.0357. The average molecular weight is 401 g/mol. The van der Waals surface area contributed by atoms with Crippen LogP contribution < -0.4 is 0 Å². The first kappa shape index (κ1) is 26.0. The number of hydrogen-bond donors (Lipinski definition) is 2. The van der Waals surface area contributed by atoms with E-state index >= 15 is 0 Å². The Labute approximate surface area is 158 Å². The monoisotopic (exact) mass is 400 g/mol. The van der Waals surface area contributed by atoms with Crippen LogP contribution >= 0.6 is 23.2 Å². The van der Waals surface area contributed by atoms with E-state index in [1.54, 1.807) is 13.8 Å². The van der Waals surface area contributed by atoms with Crippen molar-refractivity contribution in [3.05, 3.63) is 0 Å². The Hall–Kier alpha value is -1.20. The highest BCUT2D eigenvalue weighted by Crippen LogP contribution is 1.98. The minimum absolute atomic E-state index is 0.172. The SMILES string of the molecule is CC(O)C#CC(C)O.O=C(OCCCCCl)OC(=O)OCCCCCl. The highest BCUT2D eigenvalue weighted by atomic mass is 35.5. The first-order valence-corrected chi connectivity index (χ1v) is 8.90. The molecule has 0 bridgehead atoms. The molecule has 0 aliphatic carbocycles. The number of ether oxygens (including phenoxy) is 3. The molecule has 9 heteroatoms. The van der Waals surface area contributed by atoms with Crippen molar-refractivity contribution in [1.29, 1.82) is 0 Å². The van der Waals surface area contributed by atoms with E-state index in [0.29, 0.717) is 24.6 Å². The Morgan fingerprint density at radius 2 is 1.20 bits per heavy atom. The summed E-state index contributed by atoms with van der Waals surface area (Å²) in [7, 11) is 0. The topological polar surface area (TPSA) is 102 Å². The summed E-state index contributed by atoms with van der Waals surface area (Å²) in [5, 5.41) is 17.0. The molecule has 0 rings (SSSR count). The first-order valence-electron chi connectivity index (χ1n) is 7.84. The van der Waals surface area contributed by atoms with Crippen LogP contribution in [0.25, 0.3) is 0 Å². The summed E-state index contributed by atoms with van der Waals surface area (Å²) in [4.78, 5) is 21.8. The molecule has 0 aromatic heterocycles. The van der Waals surface area contributed by atoms with Crippen molar-refractivity contribution in [2.45, 2.75) is 51.7 Å². The molecule has 0 saturated heterocycles. The first-order chi connectivity index (χ1) is 11.8. The second kappa shape index (κ2) is 19.1. The van der Waals surface area contributed by atoms with Gasteiger partial charge in [-0.15, -0.1) is 23.2 Å². The van der Waals surface area contributed by atoms with Gasteiger partial charge in [-0.3, -0.25) is 0 Å². The number of halogens is 2. The lowest BCUT2D eigenvalue weighted by Crippen LogP contribution is -2.16. The summed E-state index contributed by atoms with van der Waals surface area (Å²) in [6.07, 6.45) is -0.652. The van der Waals surface area contributed by atoms with Crippen LogP contribution in [-0.2, 0) is 14.2 Å². The van der Waals surface area contributed by atoms with Crippen LogP contribution in [0, 0.1) is 11.8 Å². The van der Waals surface area contributed by atoms with Gasteiger partial charge in [0.25, 0.3) is 0 Å². The second-order valence-electron chi connectivity index (χ2n) is 4.73. The predicted octanol–water partition coefficient (Wildman–Crippen LogP) is 3.07. The van der Waals surface area contributed by atoms with E-state index in [9.17, 15) is 9.59 Å². The standard InChI is InChI=1S/C10H16Cl2O5.C6H10O2/c11-5-1-3-7-15-9(13)17-10(14)16-8-4-2-6-12;1-5(7)3-4-6(2)8/h1-8H2;5-8H,1-2H3. The van der Waals surface area contributed by atoms with E-state index in [4.69, 9.17) is 33.4 Å². The number of rotatable bonds is 8. The molecule has 0 saturated carbocycles. The van der Waals surface area contributed by atoms with Gasteiger partial charge >= 0.3 is 12.3 Å². The van der Waals surface area contributed by atoms with Gasteiger partial charge in [-0.1, -0.05) is 11.8 Å². The van der Waals surface area contributed by atoms with Gasteiger partial charge in [0.15, 0.2) is 0 Å². The fraction of sp³-hybridized carbons (Fsp3) is 0.750. The average Bonchev–Trinajstić information content (AvgIpc) is 2.54. The smallest absolute Gasteiger partial charge is 0.434 e. The van der Waals surface area contributed by atoms with Gasteiger partial charge in [0, 0.05) is 11.8 Å². The van der Waals surface area contributed by atoms with Crippen LogP contribution in [0.2, 0.25) is 0 Å².